The van der Waals surface area contributed by atoms with Crippen LogP contribution in [-0.2, 0) is 5.54 Å². The summed E-state index contributed by atoms with van der Waals surface area (Å²) in [6, 6.07) is 6.49. The Hall–Kier alpha value is -0.530. The number of hydrogen-bond acceptors (Lipinski definition) is 1. The summed E-state index contributed by atoms with van der Waals surface area (Å²) in [6.07, 6.45) is 6.44. The van der Waals surface area contributed by atoms with Crippen LogP contribution in [-0.4, -0.2) is 7.05 Å². The molecule has 1 aromatic rings. The highest BCUT2D eigenvalue weighted by Crippen LogP contribution is 2.37. The Morgan fingerprint density at radius 3 is 2.44 bits per heavy atom. The molecule has 0 amide bonds. The van der Waals surface area contributed by atoms with E-state index in [0.29, 0.717) is 0 Å². The lowest BCUT2D eigenvalue weighted by Gasteiger charge is -2.38. The van der Waals surface area contributed by atoms with E-state index >= 15 is 0 Å². The van der Waals surface area contributed by atoms with Crippen LogP contribution in [0.1, 0.15) is 43.2 Å². The molecular formula is C14H20ClN. The van der Waals surface area contributed by atoms with Crippen molar-refractivity contribution in [2.45, 2.75) is 44.6 Å². The zero-order valence-corrected chi connectivity index (χ0v) is 10.9. The molecule has 1 aliphatic rings. The van der Waals surface area contributed by atoms with Crippen molar-refractivity contribution in [2.24, 2.45) is 0 Å². The number of aryl methyl sites for hydroxylation is 1. The molecule has 0 spiro atoms. The van der Waals surface area contributed by atoms with Gasteiger partial charge in [-0.15, -0.1) is 0 Å². The summed E-state index contributed by atoms with van der Waals surface area (Å²) in [5.41, 5.74) is 2.67. The van der Waals surface area contributed by atoms with Crippen molar-refractivity contribution >= 4 is 11.6 Å². The summed E-state index contributed by atoms with van der Waals surface area (Å²) in [6.45, 7) is 2.05. The molecule has 16 heavy (non-hydrogen) atoms. The fourth-order valence-electron chi connectivity index (χ4n) is 2.73. The highest BCUT2D eigenvalue weighted by molar-refractivity contribution is 6.31. The number of nitrogens with one attached hydrogen (secondary N) is 1. The first-order valence-electron chi connectivity index (χ1n) is 6.13. The third kappa shape index (κ3) is 2.11. The third-order valence-electron chi connectivity index (χ3n) is 3.91. The first-order chi connectivity index (χ1) is 7.68. The van der Waals surface area contributed by atoms with Gasteiger partial charge in [-0.3, -0.25) is 0 Å². The van der Waals surface area contributed by atoms with Crippen LogP contribution in [0.25, 0.3) is 0 Å². The standard InChI is InChI=1S/C14H20ClN/c1-11-6-7-12(10-13(11)15)14(16-2)8-4-3-5-9-14/h6-7,10,16H,3-5,8-9H2,1-2H3. The molecular weight excluding hydrogens is 218 g/mol. The second-order valence-electron chi connectivity index (χ2n) is 4.86. The van der Waals surface area contributed by atoms with Crippen molar-refractivity contribution in [3.63, 3.8) is 0 Å². The molecule has 2 rings (SSSR count). The fraction of sp³-hybridized carbons (Fsp3) is 0.571. The monoisotopic (exact) mass is 237 g/mol. The Morgan fingerprint density at radius 2 is 1.88 bits per heavy atom. The van der Waals surface area contributed by atoms with E-state index in [1.54, 1.807) is 0 Å². The molecule has 1 saturated carbocycles. The van der Waals surface area contributed by atoms with E-state index in [0.717, 1.165) is 10.6 Å². The van der Waals surface area contributed by atoms with Gasteiger partial charge in [0.05, 0.1) is 0 Å². The lowest BCUT2D eigenvalue weighted by atomic mass is 9.76. The molecule has 0 atom stereocenters. The van der Waals surface area contributed by atoms with Gasteiger partial charge in [0.2, 0.25) is 0 Å². The molecule has 0 heterocycles. The summed E-state index contributed by atoms with van der Waals surface area (Å²) in [7, 11) is 2.07. The lowest BCUT2D eigenvalue weighted by Crippen LogP contribution is -2.41. The minimum atomic E-state index is 0.162. The molecule has 0 aromatic heterocycles. The van der Waals surface area contributed by atoms with Crippen molar-refractivity contribution in [1.29, 1.82) is 0 Å². The van der Waals surface area contributed by atoms with Gasteiger partial charge in [0.25, 0.3) is 0 Å². The summed E-state index contributed by atoms with van der Waals surface area (Å²) >= 11 is 6.22. The quantitative estimate of drug-likeness (QED) is 0.819. The van der Waals surface area contributed by atoms with Crippen molar-refractivity contribution in [2.75, 3.05) is 7.05 Å². The molecule has 1 nitrogen and oxygen atoms in total. The van der Waals surface area contributed by atoms with E-state index in [4.69, 9.17) is 11.6 Å². The Balaban J connectivity index is 2.35. The summed E-state index contributed by atoms with van der Waals surface area (Å²) in [5.74, 6) is 0. The average molecular weight is 238 g/mol. The number of rotatable bonds is 2. The molecule has 0 unspecified atom stereocenters. The van der Waals surface area contributed by atoms with Crippen LogP contribution in [0.3, 0.4) is 0 Å². The fourth-order valence-corrected chi connectivity index (χ4v) is 2.91. The second-order valence-corrected chi connectivity index (χ2v) is 5.26. The molecule has 0 aliphatic heterocycles. The largest absolute Gasteiger partial charge is 0.310 e. The molecule has 0 bridgehead atoms. The number of benzene rings is 1. The second kappa shape index (κ2) is 4.77. The summed E-state index contributed by atoms with van der Waals surface area (Å²) < 4.78 is 0. The first kappa shape index (κ1) is 11.9. The smallest absolute Gasteiger partial charge is 0.0438 e. The molecule has 1 aromatic carbocycles. The van der Waals surface area contributed by atoms with Crippen LogP contribution >= 0.6 is 11.6 Å². The van der Waals surface area contributed by atoms with E-state index in [-0.39, 0.29) is 5.54 Å². The van der Waals surface area contributed by atoms with Gasteiger partial charge in [0.1, 0.15) is 0 Å². The lowest BCUT2D eigenvalue weighted by molar-refractivity contribution is 0.250. The Bertz CT molecular complexity index is 367. The molecule has 2 heteroatoms. The van der Waals surface area contributed by atoms with Crippen molar-refractivity contribution in [1.82, 2.24) is 5.32 Å². The van der Waals surface area contributed by atoms with Crippen LogP contribution in [0.15, 0.2) is 18.2 Å². The Morgan fingerprint density at radius 1 is 1.19 bits per heavy atom. The van der Waals surface area contributed by atoms with E-state index in [2.05, 4.69) is 37.5 Å². The average Bonchev–Trinajstić information content (AvgIpc) is 2.33. The van der Waals surface area contributed by atoms with Gasteiger partial charge >= 0.3 is 0 Å². The Kier molecular flexibility index (Phi) is 3.56. The zero-order chi connectivity index (χ0) is 11.6. The molecule has 88 valence electrons. The number of hydrogen-bond donors (Lipinski definition) is 1. The van der Waals surface area contributed by atoms with Crippen LogP contribution < -0.4 is 5.32 Å². The van der Waals surface area contributed by atoms with Gasteiger partial charge < -0.3 is 5.32 Å². The molecule has 1 fully saturated rings. The van der Waals surface area contributed by atoms with Crippen molar-refractivity contribution < 1.29 is 0 Å². The maximum atomic E-state index is 6.22. The van der Waals surface area contributed by atoms with Gasteiger partial charge in [-0.2, -0.15) is 0 Å². The number of halogens is 1. The van der Waals surface area contributed by atoms with Crippen LogP contribution in [0.2, 0.25) is 5.02 Å². The SMILES string of the molecule is CNC1(c2ccc(C)c(Cl)c2)CCCCC1. The predicted molar refractivity (Wildman–Crippen MR) is 70.0 cm³/mol. The van der Waals surface area contributed by atoms with Gasteiger partial charge in [-0.25, -0.2) is 0 Å². The van der Waals surface area contributed by atoms with Crippen LogP contribution in [0.5, 0.6) is 0 Å². The predicted octanol–water partition coefficient (Wildman–Crippen LogP) is 4.03. The summed E-state index contributed by atoms with van der Waals surface area (Å²) in [5, 5.41) is 4.41. The first-order valence-corrected chi connectivity index (χ1v) is 6.51. The van der Waals surface area contributed by atoms with Gasteiger partial charge in [-0.05, 0) is 44.0 Å². The molecule has 1 aliphatic carbocycles. The maximum absolute atomic E-state index is 6.22. The van der Waals surface area contributed by atoms with Gasteiger partial charge in [-0.1, -0.05) is 43.0 Å². The molecule has 0 saturated heterocycles. The highest BCUT2D eigenvalue weighted by Gasteiger charge is 2.32. The van der Waals surface area contributed by atoms with Gasteiger partial charge in [0.15, 0.2) is 0 Å². The maximum Gasteiger partial charge on any atom is 0.0438 e. The van der Waals surface area contributed by atoms with Crippen molar-refractivity contribution in [3.8, 4) is 0 Å². The summed E-state index contributed by atoms with van der Waals surface area (Å²) in [4.78, 5) is 0. The minimum absolute atomic E-state index is 0.162. The normalized spacial score (nSPS) is 19.7. The highest BCUT2D eigenvalue weighted by atomic mass is 35.5. The Labute approximate surface area is 103 Å². The molecule has 0 radical (unpaired) electrons. The topological polar surface area (TPSA) is 12.0 Å². The van der Waals surface area contributed by atoms with Crippen LogP contribution in [0.4, 0.5) is 0 Å². The van der Waals surface area contributed by atoms with Crippen LogP contribution in [0, 0.1) is 6.92 Å². The molecule has 1 N–H and O–H groups in total. The van der Waals surface area contributed by atoms with E-state index in [1.165, 1.54) is 37.7 Å². The van der Waals surface area contributed by atoms with Crippen molar-refractivity contribution in [3.05, 3.63) is 34.3 Å². The zero-order valence-electron chi connectivity index (χ0n) is 10.1. The van der Waals surface area contributed by atoms with E-state index < -0.39 is 0 Å². The minimum Gasteiger partial charge on any atom is -0.310 e. The third-order valence-corrected chi connectivity index (χ3v) is 4.32. The van der Waals surface area contributed by atoms with Gasteiger partial charge in [0, 0.05) is 10.6 Å². The van der Waals surface area contributed by atoms with E-state index in [9.17, 15) is 0 Å². The van der Waals surface area contributed by atoms with E-state index in [1.807, 2.05) is 0 Å².